The summed E-state index contributed by atoms with van der Waals surface area (Å²) >= 11 is 1.60. The van der Waals surface area contributed by atoms with Gasteiger partial charge in [-0.3, -0.25) is 9.35 Å². The summed E-state index contributed by atoms with van der Waals surface area (Å²) in [7, 11) is -4.92. The van der Waals surface area contributed by atoms with E-state index in [-0.39, 0.29) is 19.5 Å². The van der Waals surface area contributed by atoms with Gasteiger partial charge in [0.05, 0.1) is 0 Å². The van der Waals surface area contributed by atoms with Crippen molar-refractivity contribution in [3.8, 4) is 0 Å². The molecule has 0 aliphatic rings. The van der Waals surface area contributed by atoms with E-state index in [1.54, 1.807) is 11.8 Å². The van der Waals surface area contributed by atoms with Crippen molar-refractivity contribution in [1.82, 2.24) is 0 Å². The van der Waals surface area contributed by atoms with Crippen molar-refractivity contribution < 1.29 is 46.9 Å². The largest absolute Gasteiger partial charge is 2.00 e. The molecule has 1 atom stereocenters. The fraction of sp³-hybridized carbons (Fsp3) is 0.800. The molecule has 0 fully saturated rings. The molecule has 15 heavy (non-hydrogen) atoms. The van der Waals surface area contributed by atoms with Gasteiger partial charge in [-0.15, -0.1) is 0 Å². The number of rotatable bonds is 4. The second-order valence-electron chi connectivity index (χ2n) is 2.15. The van der Waals surface area contributed by atoms with Crippen LogP contribution in [0.3, 0.4) is 0 Å². The van der Waals surface area contributed by atoms with Crippen molar-refractivity contribution >= 4 is 28.1 Å². The Morgan fingerprint density at radius 2 is 1.93 bits per heavy atom. The fourth-order valence-electron chi connectivity index (χ4n) is 0.368. The Morgan fingerprint density at radius 1 is 1.60 bits per heavy atom. The van der Waals surface area contributed by atoms with Crippen LogP contribution in [0.1, 0.15) is 6.42 Å². The second-order valence-corrected chi connectivity index (χ2v) is 3.99. The quantitative estimate of drug-likeness (QED) is 0.346. The maximum Gasteiger partial charge on any atom is 2.00 e. The van der Waals surface area contributed by atoms with Gasteiger partial charge in [-0.1, -0.05) is 0 Å². The zero-order chi connectivity index (χ0) is 11.8. The van der Waals surface area contributed by atoms with E-state index in [9.17, 15) is 4.79 Å². The van der Waals surface area contributed by atoms with Crippen molar-refractivity contribution in [1.29, 1.82) is 0 Å². The van der Waals surface area contributed by atoms with E-state index >= 15 is 0 Å². The first-order valence-electron chi connectivity index (χ1n) is 3.34. The van der Waals surface area contributed by atoms with Crippen LogP contribution in [-0.4, -0.2) is 46.6 Å². The van der Waals surface area contributed by atoms with E-state index < -0.39 is 22.4 Å². The number of thioether (sulfide) groups is 1. The predicted octanol–water partition coefficient (Wildman–Crippen LogP) is -0.846. The molecule has 0 saturated heterocycles. The van der Waals surface area contributed by atoms with Gasteiger partial charge < -0.3 is 15.4 Å². The minimum Gasteiger partial charge on any atom is -0.726 e. The number of nitrogens with two attached hydrogens (primary N) is 1. The Bertz CT molecular complexity index is 248. The zero-order valence-electron chi connectivity index (χ0n) is 8.12. The first-order chi connectivity index (χ1) is 6.18. The molecule has 0 bridgehead atoms. The van der Waals surface area contributed by atoms with Crippen molar-refractivity contribution in [2.75, 3.05) is 12.0 Å². The summed E-state index contributed by atoms with van der Waals surface area (Å²) in [6.45, 7) is 0. The molecule has 10 heteroatoms. The topological polar surface area (TPSA) is 141 Å². The molecule has 7 nitrogen and oxygen atoms in total. The van der Waals surface area contributed by atoms with E-state index in [4.69, 9.17) is 28.4 Å². The van der Waals surface area contributed by atoms with Crippen LogP contribution in [0.5, 0.6) is 0 Å². The Hall–Kier alpha value is 0.273. The summed E-state index contributed by atoms with van der Waals surface area (Å²) in [5.74, 6) is -0.1000. The average molecular weight is 312 g/mol. The van der Waals surface area contributed by atoms with Crippen molar-refractivity contribution in [3.63, 3.8) is 0 Å². The summed E-state index contributed by atoms with van der Waals surface area (Å²) in [5.41, 5.74) is 5.19. The number of hydrogen-bond acceptors (Lipinski definition) is 6. The molecule has 4 N–H and O–H groups in total. The smallest absolute Gasteiger partial charge is 0.726 e. The average Bonchev–Trinajstić information content (AvgIpc) is 1.96. The Balaban J connectivity index is -0.000000208. The van der Waals surface area contributed by atoms with Crippen molar-refractivity contribution in [2.24, 2.45) is 5.73 Å². The van der Waals surface area contributed by atoms with E-state index in [1.165, 1.54) is 0 Å². The molecule has 1 unspecified atom stereocenters. The third-order valence-electron chi connectivity index (χ3n) is 0.950. The summed E-state index contributed by atoms with van der Waals surface area (Å²) < 4.78 is 32.8. The standard InChI is InChI=1S/C5H11NO2S.H2O4S.Zn/c1-9-3-2-4(6)5(7)8;1-5(2,3)4;/h4H,2-3,6H2,1H3,(H,7,8);(H2,1,2,3,4);/q;;+2/p-1. The molecule has 0 spiro atoms. The number of carboxylic acids is 1. The van der Waals surface area contributed by atoms with Gasteiger partial charge in [0.15, 0.2) is 0 Å². The Labute approximate surface area is 105 Å². The Morgan fingerprint density at radius 3 is 2.13 bits per heavy atom. The van der Waals surface area contributed by atoms with Crippen LogP contribution in [0.2, 0.25) is 0 Å². The van der Waals surface area contributed by atoms with Gasteiger partial charge >= 0.3 is 25.4 Å². The molecule has 0 aliphatic heterocycles. The van der Waals surface area contributed by atoms with Gasteiger partial charge in [-0.25, -0.2) is 8.42 Å². The molecule has 0 aromatic heterocycles. The summed E-state index contributed by atoms with van der Waals surface area (Å²) in [6, 6.07) is -0.683. The van der Waals surface area contributed by atoms with Crippen LogP contribution >= 0.6 is 11.8 Å². The first kappa shape index (κ1) is 20.7. The molecule has 0 saturated carbocycles. The minimum atomic E-state index is -4.92. The molecule has 86 valence electrons. The third-order valence-corrected chi connectivity index (χ3v) is 1.59. The first-order valence-corrected chi connectivity index (χ1v) is 6.10. The van der Waals surface area contributed by atoms with Crippen molar-refractivity contribution in [2.45, 2.75) is 12.5 Å². The van der Waals surface area contributed by atoms with Gasteiger partial charge in [0.1, 0.15) is 6.04 Å². The SMILES string of the molecule is CSCCC(N)C(=O)O.O=S(=O)([O-])O.[Zn+2]. The van der Waals surface area contributed by atoms with Crippen LogP contribution in [-0.2, 0) is 34.7 Å². The van der Waals surface area contributed by atoms with E-state index in [1.807, 2.05) is 6.26 Å². The molecular formula is C5H12NO6S2Zn+. The minimum absolute atomic E-state index is 0. The maximum atomic E-state index is 10.1. The summed E-state index contributed by atoms with van der Waals surface area (Å²) in [4.78, 5) is 10.1. The number of aliphatic carboxylic acids is 1. The molecule has 0 aliphatic carbocycles. The molecule has 0 amide bonds. The van der Waals surface area contributed by atoms with Gasteiger partial charge in [-0.2, -0.15) is 11.8 Å². The van der Waals surface area contributed by atoms with Gasteiger partial charge in [0, 0.05) is 0 Å². The molecular weight excluding hydrogens is 300 g/mol. The number of carboxylic acid groups (broad SMARTS) is 1. The van der Waals surface area contributed by atoms with E-state index in [2.05, 4.69) is 0 Å². The van der Waals surface area contributed by atoms with Crippen LogP contribution in [0, 0.1) is 0 Å². The monoisotopic (exact) mass is 310 g/mol. The van der Waals surface area contributed by atoms with Crippen LogP contribution < -0.4 is 5.73 Å². The van der Waals surface area contributed by atoms with Gasteiger partial charge in [0.2, 0.25) is 10.4 Å². The van der Waals surface area contributed by atoms with Gasteiger partial charge in [-0.05, 0) is 18.4 Å². The third kappa shape index (κ3) is 31.4. The van der Waals surface area contributed by atoms with Crippen molar-refractivity contribution in [3.05, 3.63) is 0 Å². The van der Waals surface area contributed by atoms with Crippen LogP contribution in [0.25, 0.3) is 0 Å². The Kier molecular flexibility index (Phi) is 14.8. The molecule has 0 aromatic rings. The molecule has 0 heterocycles. The molecule has 0 rings (SSSR count). The van der Waals surface area contributed by atoms with Gasteiger partial charge in [0.25, 0.3) is 0 Å². The van der Waals surface area contributed by atoms with Crippen LogP contribution in [0.15, 0.2) is 0 Å². The number of carbonyl (C=O) groups is 1. The fourth-order valence-corrected chi connectivity index (χ4v) is 0.858. The normalized spacial score (nSPS) is 11.7. The second kappa shape index (κ2) is 10.8. The maximum absolute atomic E-state index is 10.1. The summed E-state index contributed by atoms with van der Waals surface area (Å²) in [6.07, 6.45) is 2.48. The molecule has 0 aromatic carbocycles. The predicted molar refractivity (Wildman–Crippen MR) is 50.9 cm³/mol. The molecule has 0 radical (unpaired) electrons. The van der Waals surface area contributed by atoms with E-state index in [0.717, 1.165) is 5.75 Å². The summed E-state index contributed by atoms with van der Waals surface area (Å²) in [5, 5.41) is 8.27. The van der Waals surface area contributed by atoms with Crippen LogP contribution in [0.4, 0.5) is 0 Å². The van der Waals surface area contributed by atoms with E-state index in [0.29, 0.717) is 6.42 Å². The number of hydrogen-bond donors (Lipinski definition) is 3. The zero-order valence-corrected chi connectivity index (χ0v) is 12.7.